The first-order valence-electron chi connectivity index (χ1n) is 7.85. The van der Waals surface area contributed by atoms with Gasteiger partial charge in [-0.1, -0.05) is 30.3 Å². The van der Waals surface area contributed by atoms with E-state index in [1.807, 2.05) is 11.8 Å². The number of halogens is 1. The molecule has 0 saturated heterocycles. The Bertz CT molecular complexity index is 493. The first kappa shape index (κ1) is 15.4. The summed E-state index contributed by atoms with van der Waals surface area (Å²) in [4.78, 5) is 0. The molecule has 0 spiro atoms. The summed E-state index contributed by atoms with van der Waals surface area (Å²) in [5.41, 5.74) is 1.36. The fraction of sp³-hybridized carbons (Fsp3) is 0.588. The SMILES string of the molecule is N=C(CSCc1ccccc1)[NH2+]CC1C2CC3C(C2)C13.[Cl-]. The highest BCUT2D eigenvalue weighted by molar-refractivity contribution is 7.99. The van der Waals surface area contributed by atoms with E-state index in [1.54, 1.807) is 0 Å². The number of amidine groups is 1. The van der Waals surface area contributed by atoms with Gasteiger partial charge >= 0.3 is 0 Å². The van der Waals surface area contributed by atoms with Crippen molar-refractivity contribution in [2.24, 2.45) is 29.6 Å². The molecule has 21 heavy (non-hydrogen) atoms. The second-order valence-electron chi connectivity index (χ2n) is 6.74. The maximum Gasteiger partial charge on any atom is 0.202 e. The van der Waals surface area contributed by atoms with Crippen LogP contribution in [-0.4, -0.2) is 18.1 Å². The Labute approximate surface area is 137 Å². The highest BCUT2D eigenvalue weighted by Crippen LogP contribution is 2.72. The zero-order valence-corrected chi connectivity index (χ0v) is 13.7. The molecule has 4 aliphatic carbocycles. The Balaban J connectivity index is 0.00000132. The van der Waals surface area contributed by atoms with Crippen molar-refractivity contribution in [2.75, 3.05) is 12.3 Å². The van der Waals surface area contributed by atoms with Gasteiger partial charge in [-0.25, -0.2) is 0 Å². The Kier molecular flexibility index (Phi) is 4.63. The van der Waals surface area contributed by atoms with E-state index in [1.165, 1.54) is 24.9 Å². The van der Waals surface area contributed by atoms with E-state index < -0.39 is 0 Å². The zero-order chi connectivity index (χ0) is 13.5. The minimum atomic E-state index is 0. The maximum atomic E-state index is 8.10. The van der Waals surface area contributed by atoms with Crippen LogP contribution in [-0.2, 0) is 5.75 Å². The molecule has 2 nitrogen and oxygen atoms in total. The largest absolute Gasteiger partial charge is 1.00 e. The smallest absolute Gasteiger partial charge is 0.202 e. The average Bonchev–Trinajstić information content (AvgIpc) is 2.86. The molecule has 4 aliphatic rings. The van der Waals surface area contributed by atoms with E-state index >= 15 is 0 Å². The predicted octanol–water partition coefficient (Wildman–Crippen LogP) is -0.634. The number of hydrogen-bond acceptors (Lipinski definition) is 2. The normalized spacial score (nSPS) is 34.6. The summed E-state index contributed by atoms with van der Waals surface area (Å²) in [6, 6.07) is 10.6. The third-order valence-corrected chi connectivity index (χ3v) is 6.71. The molecule has 114 valence electrons. The topological polar surface area (TPSA) is 40.5 Å². The third-order valence-electron chi connectivity index (χ3n) is 5.65. The average molecular weight is 323 g/mol. The summed E-state index contributed by atoms with van der Waals surface area (Å²) in [6.45, 7) is 1.19. The maximum absolute atomic E-state index is 8.10. The molecule has 3 unspecified atom stereocenters. The van der Waals surface area contributed by atoms with Crippen LogP contribution >= 0.6 is 11.8 Å². The molecule has 0 aliphatic heterocycles. The van der Waals surface area contributed by atoms with Gasteiger partial charge in [0.2, 0.25) is 5.84 Å². The fourth-order valence-electron chi connectivity index (χ4n) is 4.77. The quantitative estimate of drug-likeness (QED) is 0.531. The van der Waals surface area contributed by atoms with Crippen molar-refractivity contribution in [2.45, 2.75) is 18.6 Å². The summed E-state index contributed by atoms with van der Waals surface area (Å²) in [6.07, 6.45) is 3.04. The van der Waals surface area contributed by atoms with Gasteiger partial charge in [-0.2, -0.15) is 0 Å². The molecular weight excluding hydrogens is 300 g/mol. The molecule has 0 radical (unpaired) electrons. The highest BCUT2D eigenvalue weighted by Gasteiger charge is 2.68. The molecule has 4 heteroatoms. The third kappa shape index (κ3) is 3.01. The van der Waals surface area contributed by atoms with Gasteiger partial charge in [-0.3, -0.25) is 5.41 Å². The standard InChI is InChI=1S/C17H22N2S.ClH/c18-16(10-20-9-11-4-2-1-3-5-11)19-8-15-12-6-13-14(7-12)17(13)15;/h1-5,12-15,17H,6-10H2,(H2,18,19);1H. The molecular formula is C17H23ClN2S. The van der Waals surface area contributed by atoms with Gasteiger partial charge in [0.05, 0.1) is 12.3 Å². The summed E-state index contributed by atoms with van der Waals surface area (Å²) in [5.74, 6) is 7.99. The van der Waals surface area contributed by atoms with Gasteiger partial charge < -0.3 is 17.7 Å². The van der Waals surface area contributed by atoms with E-state index in [-0.39, 0.29) is 12.4 Å². The summed E-state index contributed by atoms with van der Waals surface area (Å²) >= 11 is 1.86. The van der Waals surface area contributed by atoms with Crippen molar-refractivity contribution in [3.63, 3.8) is 0 Å². The molecule has 4 fully saturated rings. The van der Waals surface area contributed by atoms with Crippen LogP contribution in [0.15, 0.2) is 30.3 Å². The van der Waals surface area contributed by atoms with Gasteiger partial charge in [0.25, 0.3) is 0 Å². The summed E-state index contributed by atoms with van der Waals surface area (Å²) in [5, 5.41) is 10.3. The molecule has 4 bridgehead atoms. The molecule has 0 aromatic heterocycles. The van der Waals surface area contributed by atoms with Gasteiger partial charge in [-0.05, 0) is 42.1 Å². The van der Waals surface area contributed by atoms with Crippen LogP contribution in [0.3, 0.4) is 0 Å². The molecule has 4 saturated carbocycles. The molecule has 3 atom stereocenters. The summed E-state index contributed by atoms with van der Waals surface area (Å²) in [7, 11) is 0. The predicted molar refractivity (Wildman–Crippen MR) is 83.8 cm³/mol. The summed E-state index contributed by atoms with van der Waals surface area (Å²) < 4.78 is 0. The van der Waals surface area contributed by atoms with Crippen molar-refractivity contribution >= 4 is 17.6 Å². The van der Waals surface area contributed by atoms with Crippen LogP contribution in [0.1, 0.15) is 18.4 Å². The van der Waals surface area contributed by atoms with Gasteiger partial charge in [-0.15, -0.1) is 11.8 Å². The van der Waals surface area contributed by atoms with Crippen LogP contribution in [0.25, 0.3) is 0 Å². The van der Waals surface area contributed by atoms with E-state index in [4.69, 9.17) is 5.41 Å². The second kappa shape index (κ2) is 6.31. The van der Waals surface area contributed by atoms with E-state index in [2.05, 4.69) is 35.6 Å². The number of nitrogens with two attached hydrogens (primary N) is 1. The lowest BCUT2D eigenvalue weighted by Gasteiger charge is -2.12. The minimum Gasteiger partial charge on any atom is -1.00 e. The van der Waals surface area contributed by atoms with E-state index in [9.17, 15) is 0 Å². The molecule has 3 N–H and O–H groups in total. The number of thioether (sulfide) groups is 1. The first-order valence-corrected chi connectivity index (χ1v) is 9.00. The Morgan fingerprint density at radius 1 is 1.19 bits per heavy atom. The lowest BCUT2D eigenvalue weighted by Crippen LogP contribution is -3.00. The van der Waals surface area contributed by atoms with Gasteiger partial charge in [0, 0.05) is 11.7 Å². The van der Waals surface area contributed by atoms with Crippen molar-refractivity contribution in [1.29, 1.82) is 5.41 Å². The number of quaternary nitrogens is 1. The molecule has 1 aromatic rings. The van der Waals surface area contributed by atoms with Crippen LogP contribution in [0, 0.1) is 35.0 Å². The number of benzene rings is 1. The van der Waals surface area contributed by atoms with Gasteiger partial charge in [0.15, 0.2) is 0 Å². The van der Waals surface area contributed by atoms with Crippen LogP contribution in [0.5, 0.6) is 0 Å². The molecule has 5 rings (SSSR count). The zero-order valence-electron chi connectivity index (χ0n) is 12.2. The van der Waals surface area contributed by atoms with Crippen LogP contribution in [0.4, 0.5) is 0 Å². The van der Waals surface area contributed by atoms with E-state index in [0.717, 1.165) is 46.9 Å². The molecule has 0 heterocycles. The molecule has 0 amide bonds. The van der Waals surface area contributed by atoms with Crippen molar-refractivity contribution in [3.8, 4) is 0 Å². The van der Waals surface area contributed by atoms with Crippen LogP contribution < -0.4 is 17.7 Å². The van der Waals surface area contributed by atoms with E-state index in [0.29, 0.717) is 0 Å². The minimum absolute atomic E-state index is 0. The second-order valence-corrected chi connectivity index (χ2v) is 7.73. The van der Waals surface area contributed by atoms with Crippen molar-refractivity contribution < 1.29 is 17.7 Å². The number of nitrogens with one attached hydrogen (secondary N) is 1. The molecule has 1 aromatic carbocycles. The van der Waals surface area contributed by atoms with Crippen molar-refractivity contribution in [1.82, 2.24) is 0 Å². The Morgan fingerprint density at radius 2 is 1.90 bits per heavy atom. The Hall–Kier alpha value is -0.510. The Morgan fingerprint density at radius 3 is 2.52 bits per heavy atom. The lowest BCUT2D eigenvalue weighted by atomic mass is 9.98. The lowest BCUT2D eigenvalue weighted by molar-refractivity contribution is -0.550. The number of hydrogen-bond donors (Lipinski definition) is 2. The number of rotatable bonds is 6. The first-order chi connectivity index (χ1) is 9.83. The van der Waals surface area contributed by atoms with Gasteiger partial charge in [0.1, 0.15) is 0 Å². The monoisotopic (exact) mass is 322 g/mol. The van der Waals surface area contributed by atoms with Crippen molar-refractivity contribution in [3.05, 3.63) is 35.9 Å². The highest BCUT2D eigenvalue weighted by atomic mass is 35.5. The fourth-order valence-corrected chi connectivity index (χ4v) is 5.64. The van der Waals surface area contributed by atoms with Crippen LogP contribution in [0.2, 0.25) is 0 Å².